The number of fused-ring (bicyclic) bond motifs is 3. The van der Waals surface area contributed by atoms with E-state index < -0.39 is 0 Å². The van der Waals surface area contributed by atoms with Crippen molar-refractivity contribution in [3.8, 4) is 5.75 Å². The van der Waals surface area contributed by atoms with Crippen molar-refractivity contribution in [2.45, 2.75) is 39.0 Å². The van der Waals surface area contributed by atoms with E-state index >= 15 is 0 Å². The van der Waals surface area contributed by atoms with Gasteiger partial charge in [-0.2, -0.15) is 0 Å². The third-order valence-corrected chi connectivity index (χ3v) is 4.78. The summed E-state index contributed by atoms with van der Waals surface area (Å²) in [4.78, 5) is 12.5. The largest absolute Gasteiger partial charge is 0.497 e. The van der Waals surface area contributed by atoms with E-state index in [1.807, 2.05) is 12.1 Å². The van der Waals surface area contributed by atoms with Crippen LogP contribution in [-0.2, 0) is 0 Å². The van der Waals surface area contributed by atoms with E-state index in [1.54, 1.807) is 7.11 Å². The molecule has 2 aliphatic rings. The van der Waals surface area contributed by atoms with Gasteiger partial charge in [0.2, 0.25) is 0 Å². The number of hydrogen-bond donors (Lipinski definition) is 0. The van der Waals surface area contributed by atoms with E-state index in [-0.39, 0.29) is 11.3 Å². The molecule has 0 heterocycles. The summed E-state index contributed by atoms with van der Waals surface area (Å²) in [6.45, 7) is 4.59. The fraction of sp³-hybridized carbons (Fsp3) is 0.562. The topological polar surface area (TPSA) is 26.3 Å². The van der Waals surface area contributed by atoms with Crippen molar-refractivity contribution in [1.82, 2.24) is 0 Å². The van der Waals surface area contributed by atoms with E-state index in [1.165, 1.54) is 18.4 Å². The Morgan fingerprint density at radius 2 is 2.11 bits per heavy atom. The standard InChI is InChI=1S/C16H20O2/c1-16(2)8-4-5-12-14(16)13-9-10(18-3)6-7-11(13)15(12)17/h6-7,9,12,14H,4-5,8H2,1-3H3/t12-,14+/m0/s1. The van der Waals surface area contributed by atoms with Gasteiger partial charge in [0.05, 0.1) is 7.11 Å². The molecule has 2 atom stereocenters. The number of Topliss-reactive ketones (excluding diaryl/α,β-unsaturated/α-hetero) is 1. The van der Waals surface area contributed by atoms with Gasteiger partial charge in [0.25, 0.3) is 0 Å². The summed E-state index contributed by atoms with van der Waals surface area (Å²) in [6, 6.07) is 5.93. The summed E-state index contributed by atoms with van der Waals surface area (Å²) < 4.78 is 5.31. The Labute approximate surface area is 108 Å². The summed E-state index contributed by atoms with van der Waals surface area (Å²) in [6.07, 6.45) is 3.42. The van der Waals surface area contributed by atoms with Gasteiger partial charge in [-0.25, -0.2) is 0 Å². The quantitative estimate of drug-likeness (QED) is 0.751. The van der Waals surface area contributed by atoms with Gasteiger partial charge in [-0.15, -0.1) is 0 Å². The fourth-order valence-electron chi connectivity index (χ4n) is 3.91. The summed E-state index contributed by atoms with van der Waals surface area (Å²) in [5, 5.41) is 0. The van der Waals surface area contributed by atoms with E-state index in [2.05, 4.69) is 19.9 Å². The van der Waals surface area contributed by atoms with Gasteiger partial charge in [0.1, 0.15) is 5.75 Å². The molecule has 0 spiro atoms. The minimum Gasteiger partial charge on any atom is -0.497 e. The first-order valence-corrected chi connectivity index (χ1v) is 6.77. The number of ether oxygens (including phenoxy) is 1. The van der Waals surface area contributed by atoms with Crippen molar-refractivity contribution in [2.75, 3.05) is 7.11 Å². The molecule has 0 radical (unpaired) electrons. The zero-order chi connectivity index (χ0) is 12.9. The molecule has 0 bridgehead atoms. The third-order valence-electron chi connectivity index (χ3n) is 4.78. The van der Waals surface area contributed by atoms with Crippen molar-refractivity contribution in [3.05, 3.63) is 29.3 Å². The molecule has 0 saturated heterocycles. The van der Waals surface area contributed by atoms with Crippen LogP contribution in [0.4, 0.5) is 0 Å². The molecule has 0 aliphatic heterocycles. The predicted molar refractivity (Wildman–Crippen MR) is 71.2 cm³/mol. The van der Waals surface area contributed by atoms with Crippen LogP contribution in [0.3, 0.4) is 0 Å². The number of carbonyl (C=O) groups is 1. The average molecular weight is 244 g/mol. The highest BCUT2D eigenvalue weighted by Gasteiger charge is 2.49. The lowest BCUT2D eigenvalue weighted by molar-refractivity contribution is 0.0794. The lowest BCUT2D eigenvalue weighted by Gasteiger charge is -2.40. The lowest BCUT2D eigenvalue weighted by Crippen LogP contribution is -2.32. The zero-order valence-electron chi connectivity index (χ0n) is 11.3. The minimum absolute atomic E-state index is 0.204. The summed E-state index contributed by atoms with van der Waals surface area (Å²) in [5.41, 5.74) is 2.37. The molecule has 0 N–H and O–H groups in total. The summed E-state index contributed by atoms with van der Waals surface area (Å²) in [7, 11) is 1.68. The third kappa shape index (κ3) is 1.51. The maximum Gasteiger partial charge on any atom is 0.166 e. The lowest BCUT2D eigenvalue weighted by atomic mass is 9.63. The van der Waals surface area contributed by atoms with Crippen LogP contribution >= 0.6 is 0 Å². The average Bonchev–Trinajstić information content (AvgIpc) is 2.63. The number of carbonyl (C=O) groups excluding carboxylic acids is 1. The molecule has 1 aromatic rings. The molecule has 1 fully saturated rings. The Morgan fingerprint density at radius 1 is 1.33 bits per heavy atom. The predicted octanol–water partition coefficient (Wildman–Crippen LogP) is 3.80. The first kappa shape index (κ1) is 11.8. The molecule has 1 saturated carbocycles. The van der Waals surface area contributed by atoms with Crippen LogP contribution in [0.15, 0.2) is 18.2 Å². The zero-order valence-corrected chi connectivity index (χ0v) is 11.3. The van der Waals surface area contributed by atoms with Crippen LogP contribution in [0.25, 0.3) is 0 Å². The Morgan fingerprint density at radius 3 is 2.83 bits per heavy atom. The maximum absolute atomic E-state index is 12.5. The van der Waals surface area contributed by atoms with Crippen LogP contribution < -0.4 is 4.74 Å². The number of benzene rings is 1. The van der Waals surface area contributed by atoms with Crippen LogP contribution in [0.5, 0.6) is 5.75 Å². The van der Waals surface area contributed by atoms with Crippen LogP contribution in [0.2, 0.25) is 0 Å². The highest BCUT2D eigenvalue weighted by atomic mass is 16.5. The monoisotopic (exact) mass is 244 g/mol. The Kier molecular flexibility index (Phi) is 2.51. The second-order valence-electron chi connectivity index (χ2n) is 6.28. The summed E-state index contributed by atoms with van der Waals surface area (Å²) in [5.74, 6) is 1.80. The van der Waals surface area contributed by atoms with Gasteiger partial charge >= 0.3 is 0 Å². The normalized spacial score (nSPS) is 28.7. The molecular weight excluding hydrogens is 224 g/mol. The van der Waals surface area contributed by atoms with E-state index in [4.69, 9.17) is 4.74 Å². The first-order valence-electron chi connectivity index (χ1n) is 6.77. The second kappa shape index (κ2) is 3.84. The van der Waals surface area contributed by atoms with Crippen molar-refractivity contribution >= 4 is 5.78 Å². The van der Waals surface area contributed by atoms with E-state index in [9.17, 15) is 4.79 Å². The number of hydrogen-bond acceptors (Lipinski definition) is 2. The summed E-state index contributed by atoms with van der Waals surface area (Å²) >= 11 is 0. The SMILES string of the molecule is COc1ccc2c(c1)[C@H]1[C@H](CCCC1(C)C)C2=O. The molecule has 2 heteroatoms. The highest BCUT2D eigenvalue weighted by molar-refractivity contribution is 6.03. The van der Waals surface area contributed by atoms with Gasteiger partial charge in [-0.05, 0) is 47.9 Å². The Bertz CT molecular complexity index is 502. The minimum atomic E-state index is 0.204. The van der Waals surface area contributed by atoms with Crippen LogP contribution in [0.1, 0.15) is 54.9 Å². The molecule has 0 amide bonds. The van der Waals surface area contributed by atoms with E-state index in [0.717, 1.165) is 17.7 Å². The molecule has 96 valence electrons. The molecule has 2 nitrogen and oxygen atoms in total. The molecule has 0 aromatic heterocycles. The van der Waals surface area contributed by atoms with Crippen molar-refractivity contribution in [1.29, 1.82) is 0 Å². The molecule has 18 heavy (non-hydrogen) atoms. The Hall–Kier alpha value is -1.31. The molecule has 1 aromatic carbocycles. The van der Waals surface area contributed by atoms with Crippen molar-refractivity contribution in [2.24, 2.45) is 11.3 Å². The number of ketones is 1. The van der Waals surface area contributed by atoms with Gasteiger partial charge in [0.15, 0.2) is 5.78 Å². The van der Waals surface area contributed by atoms with Gasteiger partial charge in [0, 0.05) is 11.5 Å². The second-order valence-corrected chi connectivity index (χ2v) is 6.28. The van der Waals surface area contributed by atoms with Gasteiger partial charge < -0.3 is 4.74 Å². The van der Waals surface area contributed by atoms with Crippen LogP contribution in [0, 0.1) is 11.3 Å². The van der Waals surface area contributed by atoms with E-state index in [0.29, 0.717) is 11.7 Å². The highest BCUT2D eigenvalue weighted by Crippen LogP contribution is 2.55. The fourth-order valence-corrected chi connectivity index (χ4v) is 3.91. The molecular formula is C16H20O2. The van der Waals surface area contributed by atoms with Gasteiger partial charge in [-0.3, -0.25) is 4.79 Å². The Balaban J connectivity index is 2.14. The maximum atomic E-state index is 12.5. The van der Waals surface area contributed by atoms with Crippen molar-refractivity contribution < 1.29 is 9.53 Å². The van der Waals surface area contributed by atoms with Crippen molar-refractivity contribution in [3.63, 3.8) is 0 Å². The smallest absolute Gasteiger partial charge is 0.166 e. The number of rotatable bonds is 1. The molecule has 2 aliphatic carbocycles. The molecule has 0 unspecified atom stereocenters. The van der Waals surface area contributed by atoms with Gasteiger partial charge in [-0.1, -0.05) is 20.3 Å². The first-order chi connectivity index (χ1) is 8.54. The number of methoxy groups -OCH3 is 1. The molecule has 3 rings (SSSR count). The van der Waals surface area contributed by atoms with Crippen LogP contribution in [-0.4, -0.2) is 12.9 Å².